The van der Waals surface area contributed by atoms with Crippen molar-refractivity contribution in [3.05, 3.63) is 199 Å². The van der Waals surface area contributed by atoms with Crippen LogP contribution in [0.1, 0.15) is 17.5 Å². The van der Waals surface area contributed by atoms with Gasteiger partial charge in [0, 0.05) is 33.5 Å². The van der Waals surface area contributed by atoms with Gasteiger partial charge in [0.1, 0.15) is 0 Å². The minimum atomic E-state index is 1.10. The largest absolute Gasteiger partial charge is 0.310 e. The molecular formula is C50H36N2. The van der Waals surface area contributed by atoms with Crippen LogP contribution < -0.4 is 4.90 Å². The molecule has 0 N–H and O–H groups in total. The second kappa shape index (κ2) is 12.6. The molecule has 2 heteroatoms. The molecule has 0 unspecified atom stereocenters. The molecule has 0 amide bonds. The highest BCUT2D eigenvalue weighted by Gasteiger charge is 2.17. The van der Waals surface area contributed by atoms with Gasteiger partial charge in [-0.15, -0.1) is 0 Å². The van der Waals surface area contributed by atoms with Gasteiger partial charge in [0.25, 0.3) is 0 Å². The molecule has 9 aromatic rings. The Labute approximate surface area is 304 Å². The number of rotatable bonds is 6. The van der Waals surface area contributed by atoms with Gasteiger partial charge >= 0.3 is 0 Å². The number of hydrogen-bond donors (Lipinski definition) is 0. The maximum atomic E-state index is 2.41. The number of aryl methyl sites for hydroxylation is 1. The lowest BCUT2D eigenvalue weighted by atomic mass is 9.93. The fourth-order valence-corrected chi connectivity index (χ4v) is 8.08. The van der Waals surface area contributed by atoms with Gasteiger partial charge in [0.15, 0.2) is 0 Å². The molecule has 1 aromatic heterocycles. The number of para-hydroxylation sites is 1. The number of allylic oxidation sites excluding steroid dienone is 1. The van der Waals surface area contributed by atoms with Gasteiger partial charge in [-0.2, -0.15) is 0 Å². The maximum absolute atomic E-state index is 2.41. The first-order chi connectivity index (χ1) is 25.8. The summed E-state index contributed by atoms with van der Waals surface area (Å²) in [6.07, 6.45) is 6.79. The summed E-state index contributed by atoms with van der Waals surface area (Å²) in [5.74, 6) is 0. The summed E-state index contributed by atoms with van der Waals surface area (Å²) >= 11 is 0. The third-order valence-corrected chi connectivity index (χ3v) is 10.6. The van der Waals surface area contributed by atoms with Crippen LogP contribution in [0.4, 0.5) is 17.1 Å². The monoisotopic (exact) mass is 664 g/mol. The molecule has 0 atom stereocenters. The van der Waals surface area contributed by atoms with Gasteiger partial charge in [0.05, 0.1) is 11.0 Å². The van der Waals surface area contributed by atoms with Crippen molar-refractivity contribution in [3.8, 4) is 27.9 Å². The van der Waals surface area contributed by atoms with E-state index in [4.69, 9.17) is 0 Å². The number of benzene rings is 8. The first-order valence-corrected chi connectivity index (χ1v) is 18.2. The van der Waals surface area contributed by atoms with Gasteiger partial charge in [0.2, 0.25) is 0 Å². The molecule has 0 saturated heterocycles. The van der Waals surface area contributed by atoms with Crippen LogP contribution in [0.2, 0.25) is 0 Å². The van der Waals surface area contributed by atoms with Crippen LogP contribution in [0, 0.1) is 0 Å². The summed E-state index contributed by atoms with van der Waals surface area (Å²) < 4.78 is 2.41. The van der Waals surface area contributed by atoms with Crippen LogP contribution in [0.3, 0.4) is 0 Å². The van der Waals surface area contributed by atoms with Crippen LogP contribution >= 0.6 is 0 Å². The van der Waals surface area contributed by atoms with Crippen molar-refractivity contribution < 1.29 is 0 Å². The molecule has 246 valence electrons. The molecule has 52 heavy (non-hydrogen) atoms. The topological polar surface area (TPSA) is 8.17 Å². The lowest BCUT2D eigenvalue weighted by Crippen LogP contribution is -2.10. The standard InChI is InChI=1S/C50H36N2/c1-2-11-35(12-3-1)40-16-10-17-45(34-40)51(42-26-23-37(24-27-42)41-22-21-36-13-4-5-15-39(36)33-41)43-28-30-44(31-29-43)52-48-20-9-8-19-47(48)50-46-18-7-6-14-38(46)25-32-49(50)52/h1-3,5-12,14-34H,4,13H2. The molecule has 1 aliphatic carbocycles. The van der Waals surface area contributed by atoms with Crippen LogP contribution in [0.25, 0.3) is 66.6 Å². The smallest absolute Gasteiger partial charge is 0.0547 e. The highest BCUT2D eigenvalue weighted by molar-refractivity contribution is 6.21. The summed E-state index contributed by atoms with van der Waals surface area (Å²) in [4.78, 5) is 2.37. The Kier molecular flexibility index (Phi) is 7.32. The Balaban J connectivity index is 1.09. The average molecular weight is 665 g/mol. The van der Waals surface area contributed by atoms with Crippen LogP contribution in [-0.2, 0) is 6.42 Å². The molecular weight excluding hydrogens is 629 g/mol. The molecule has 8 aromatic carbocycles. The van der Waals surface area contributed by atoms with Gasteiger partial charge in [-0.25, -0.2) is 0 Å². The Hall–Kier alpha value is -6.64. The maximum Gasteiger partial charge on any atom is 0.0547 e. The molecule has 0 radical (unpaired) electrons. The zero-order valence-corrected chi connectivity index (χ0v) is 28.8. The van der Waals surface area contributed by atoms with Gasteiger partial charge in [-0.1, -0.05) is 127 Å². The number of aromatic nitrogens is 1. The summed E-state index contributed by atoms with van der Waals surface area (Å²) in [5.41, 5.74) is 14.5. The highest BCUT2D eigenvalue weighted by Crippen LogP contribution is 2.40. The average Bonchev–Trinajstić information content (AvgIpc) is 3.57. The van der Waals surface area contributed by atoms with E-state index in [1.165, 1.54) is 66.0 Å². The van der Waals surface area contributed by atoms with E-state index in [2.05, 4.69) is 204 Å². The first kappa shape index (κ1) is 30.2. The van der Waals surface area contributed by atoms with E-state index < -0.39 is 0 Å². The summed E-state index contributed by atoms with van der Waals surface area (Å²) in [5, 5.41) is 5.11. The van der Waals surface area contributed by atoms with Crippen LogP contribution in [0.15, 0.2) is 188 Å². The molecule has 0 aliphatic heterocycles. The Bertz CT molecular complexity index is 2770. The SMILES string of the molecule is C1=Cc2cc(-c3ccc(N(c4ccc(-n5c6ccccc6c6c7ccccc7ccc65)cc4)c4cccc(-c5ccccc5)c4)cc3)ccc2CC1. The number of nitrogens with zero attached hydrogens (tertiary/aromatic N) is 2. The predicted octanol–water partition coefficient (Wildman–Crippen LogP) is 13.7. The lowest BCUT2D eigenvalue weighted by Gasteiger charge is -2.26. The first-order valence-electron chi connectivity index (χ1n) is 18.2. The minimum Gasteiger partial charge on any atom is -0.310 e. The van der Waals surface area contributed by atoms with Crippen molar-refractivity contribution in [2.24, 2.45) is 0 Å². The normalized spacial score (nSPS) is 12.4. The van der Waals surface area contributed by atoms with E-state index in [9.17, 15) is 0 Å². The highest BCUT2D eigenvalue weighted by atomic mass is 15.1. The quantitative estimate of drug-likeness (QED) is 0.172. The van der Waals surface area contributed by atoms with Crippen molar-refractivity contribution in [2.45, 2.75) is 12.8 Å². The zero-order valence-electron chi connectivity index (χ0n) is 28.8. The Morgan fingerprint density at radius 1 is 0.442 bits per heavy atom. The van der Waals surface area contributed by atoms with Crippen LogP contribution in [-0.4, -0.2) is 4.57 Å². The van der Waals surface area contributed by atoms with E-state index >= 15 is 0 Å². The van der Waals surface area contributed by atoms with Crippen LogP contribution in [0.5, 0.6) is 0 Å². The number of anilines is 3. The lowest BCUT2D eigenvalue weighted by molar-refractivity contribution is 0.986. The molecule has 2 nitrogen and oxygen atoms in total. The number of fused-ring (bicyclic) bond motifs is 6. The van der Waals surface area contributed by atoms with Gasteiger partial charge in [-0.05, 0) is 124 Å². The molecule has 1 heterocycles. The molecule has 0 saturated carbocycles. The van der Waals surface area contributed by atoms with Gasteiger partial charge < -0.3 is 9.47 Å². The van der Waals surface area contributed by atoms with Crippen molar-refractivity contribution in [1.82, 2.24) is 4.57 Å². The van der Waals surface area contributed by atoms with Crippen molar-refractivity contribution in [1.29, 1.82) is 0 Å². The van der Waals surface area contributed by atoms with Crippen molar-refractivity contribution in [3.63, 3.8) is 0 Å². The Morgan fingerprint density at radius 2 is 1.12 bits per heavy atom. The second-order valence-corrected chi connectivity index (χ2v) is 13.7. The fourth-order valence-electron chi connectivity index (χ4n) is 8.08. The molecule has 1 aliphatic rings. The fraction of sp³-hybridized carbons (Fsp3) is 0.0400. The van der Waals surface area contributed by atoms with Crippen molar-refractivity contribution >= 4 is 55.7 Å². The summed E-state index contributed by atoms with van der Waals surface area (Å²) in [6, 6.07) is 66.5. The molecule has 0 bridgehead atoms. The second-order valence-electron chi connectivity index (χ2n) is 13.7. The van der Waals surface area contributed by atoms with Crippen molar-refractivity contribution in [2.75, 3.05) is 4.90 Å². The van der Waals surface area contributed by atoms with E-state index in [0.29, 0.717) is 0 Å². The van der Waals surface area contributed by atoms with E-state index in [-0.39, 0.29) is 0 Å². The predicted molar refractivity (Wildman–Crippen MR) is 221 cm³/mol. The summed E-state index contributed by atoms with van der Waals surface area (Å²) in [6.45, 7) is 0. The third kappa shape index (κ3) is 5.20. The van der Waals surface area contributed by atoms with E-state index in [1.54, 1.807) is 0 Å². The van der Waals surface area contributed by atoms with E-state index in [1.807, 2.05) is 0 Å². The Morgan fingerprint density at radius 3 is 1.96 bits per heavy atom. The molecule has 10 rings (SSSR count). The molecule has 0 fully saturated rings. The number of hydrogen-bond acceptors (Lipinski definition) is 1. The van der Waals surface area contributed by atoms with E-state index in [0.717, 1.165) is 35.6 Å². The van der Waals surface area contributed by atoms with Gasteiger partial charge in [-0.3, -0.25) is 0 Å². The minimum absolute atomic E-state index is 1.10. The molecule has 0 spiro atoms. The zero-order chi connectivity index (χ0) is 34.4. The summed E-state index contributed by atoms with van der Waals surface area (Å²) in [7, 11) is 0. The third-order valence-electron chi connectivity index (χ3n) is 10.6.